The number of amides is 1. The summed E-state index contributed by atoms with van der Waals surface area (Å²) >= 11 is 13.1. The number of thiophene rings is 1. The van der Waals surface area contributed by atoms with Crippen molar-refractivity contribution in [2.24, 2.45) is 0 Å². The topological polar surface area (TPSA) is 64.6 Å². The van der Waals surface area contributed by atoms with Gasteiger partial charge in [0, 0.05) is 10.9 Å². The molecule has 0 spiro atoms. The molecule has 0 aliphatic carbocycles. The van der Waals surface area contributed by atoms with E-state index in [-0.39, 0.29) is 19.1 Å². The highest BCUT2D eigenvalue weighted by Gasteiger charge is 2.18. The van der Waals surface area contributed by atoms with Gasteiger partial charge in [-0.05, 0) is 31.5 Å². The molecule has 2 rings (SSSR count). The van der Waals surface area contributed by atoms with Crippen molar-refractivity contribution in [2.45, 2.75) is 20.3 Å². The van der Waals surface area contributed by atoms with Crippen molar-refractivity contribution in [2.75, 3.05) is 18.5 Å². The molecule has 0 aliphatic heterocycles. The predicted octanol–water partition coefficient (Wildman–Crippen LogP) is 4.81. The Bertz CT molecular complexity index is 776. The van der Waals surface area contributed by atoms with E-state index in [2.05, 4.69) is 5.32 Å². The molecule has 0 aliphatic rings. The Kier molecular flexibility index (Phi) is 7.11. The van der Waals surface area contributed by atoms with Crippen LogP contribution in [-0.2, 0) is 16.0 Å². The van der Waals surface area contributed by atoms with Crippen molar-refractivity contribution in [3.05, 3.63) is 44.8 Å². The molecular weight excluding hydrogens is 385 g/mol. The number of nitrogens with one attached hydrogen (secondary N) is 1. The van der Waals surface area contributed by atoms with Crippen LogP contribution in [0.25, 0.3) is 0 Å². The lowest BCUT2D eigenvalue weighted by Gasteiger charge is -2.08. The third-order valence-corrected chi connectivity index (χ3v) is 5.07. The van der Waals surface area contributed by atoms with Crippen molar-refractivity contribution in [1.29, 1.82) is 0 Å². The molecular formula is C17H17Cl2NO4S. The van der Waals surface area contributed by atoms with Crippen LogP contribution in [0.3, 0.4) is 0 Å². The van der Waals surface area contributed by atoms with E-state index >= 15 is 0 Å². The second kappa shape index (κ2) is 9.08. The third-order valence-electron chi connectivity index (χ3n) is 3.14. The number of rotatable bonds is 7. The summed E-state index contributed by atoms with van der Waals surface area (Å²) in [4.78, 5) is 25.1. The molecule has 0 saturated heterocycles. The average molecular weight is 402 g/mol. The van der Waals surface area contributed by atoms with Crippen LogP contribution in [0.5, 0.6) is 5.75 Å². The smallest absolute Gasteiger partial charge is 0.341 e. The molecule has 0 saturated carbocycles. The quantitative estimate of drug-likeness (QED) is 0.675. The number of hydrogen-bond acceptors (Lipinski definition) is 5. The summed E-state index contributed by atoms with van der Waals surface area (Å²) in [5, 5.41) is 3.90. The van der Waals surface area contributed by atoms with Crippen molar-refractivity contribution < 1.29 is 19.1 Å². The first-order valence-electron chi connectivity index (χ1n) is 7.62. The number of anilines is 1. The number of halogens is 2. The molecule has 5 nitrogen and oxygen atoms in total. The summed E-state index contributed by atoms with van der Waals surface area (Å²) in [6.45, 7) is 3.75. The molecule has 2 aromatic rings. The lowest BCUT2D eigenvalue weighted by atomic mass is 10.2. The van der Waals surface area contributed by atoms with Gasteiger partial charge >= 0.3 is 5.97 Å². The number of benzene rings is 1. The minimum Gasteiger partial charge on any atom is -0.484 e. The van der Waals surface area contributed by atoms with Gasteiger partial charge < -0.3 is 14.8 Å². The van der Waals surface area contributed by atoms with Crippen LogP contribution in [0.15, 0.2) is 24.3 Å². The van der Waals surface area contributed by atoms with Gasteiger partial charge in [-0.15, -0.1) is 11.3 Å². The van der Waals surface area contributed by atoms with E-state index in [4.69, 9.17) is 32.7 Å². The maximum atomic E-state index is 12.1. The highest BCUT2D eigenvalue weighted by atomic mass is 35.5. The third kappa shape index (κ3) is 5.36. The van der Waals surface area contributed by atoms with Gasteiger partial charge in [-0.25, -0.2) is 4.79 Å². The first kappa shape index (κ1) is 19.6. The summed E-state index contributed by atoms with van der Waals surface area (Å²) in [6.07, 6.45) is 0.757. The lowest BCUT2D eigenvalue weighted by Crippen LogP contribution is -2.21. The van der Waals surface area contributed by atoms with E-state index in [1.54, 1.807) is 25.1 Å². The van der Waals surface area contributed by atoms with Crippen LogP contribution in [0.2, 0.25) is 10.0 Å². The number of carbonyl (C=O) groups is 2. The van der Waals surface area contributed by atoms with Crippen LogP contribution in [-0.4, -0.2) is 25.1 Å². The molecule has 8 heteroatoms. The molecule has 1 aromatic heterocycles. The van der Waals surface area contributed by atoms with E-state index in [1.807, 2.05) is 6.92 Å². The van der Waals surface area contributed by atoms with E-state index in [1.165, 1.54) is 17.4 Å². The van der Waals surface area contributed by atoms with Crippen molar-refractivity contribution >= 4 is 51.4 Å². The first-order chi connectivity index (χ1) is 11.9. The zero-order chi connectivity index (χ0) is 18.4. The van der Waals surface area contributed by atoms with Gasteiger partial charge in [-0.3, -0.25) is 4.79 Å². The number of hydrogen-bond donors (Lipinski definition) is 1. The molecule has 1 N–H and O–H groups in total. The Labute approximate surface area is 159 Å². The van der Waals surface area contributed by atoms with Gasteiger partial charge in [0.25, 0.3) is 5.91 Å². The summed E-state index contributed by atoms with van der Waals surface area (Å²) < 4.78 is 10.4. The normalized spacial score (nSPS) is 10.4. The molecule has 0 radical (unpaired) electrons. The predicted molar refractivity (Wildman–Crippen MR) is 100 cm³/mol. The van der Waals surface area contributed by atoms with Gasteiger partial charge in [0.05, 0.1) is 22.2 Å². The molecule has 0 fully saturated rings. The molecule has 134 valence electrons. The Morgan fingerprint density at radius 1 is 1.16 bits per heavy atom. The number of aryl methyl sites for hydroxylation is 1. The van der Waals surface area contributed by atoms with Crippen molar-refractivity contribution in [3.63, 3.8) is 0 Å². The Morgan fingerprint density at radius 2 is 1.92 bits per heavy atom. The minimum atomic E-state index is -0.459. The maximum absolute atomic E-state index is 12.1. The molecule has 0 unspecified atom stereocenters. The summed E-state index contributed by atoms with van der Waals surface area (Å²) in [6, 6.07) is 6.47. The molecule has 25 heavy (non-hydrogen) atoms. The molecule has 0 bridgehead atoms. The summed E-state index contributed by atoms with van der Waals surface area (Å²) in [5.74, 6) is -0.420. The highest BCUT2D eigenvalue weighted by molar-refractivity contribution is 7.16. The van der Waals surface area contributed by atoms with Crippen LogP contribution in [0.1, 0.15) is 29.1 Å². The van der Waals surface area contributed by atoms with Crippen molar-refractivity contribution in [3.8, 4) is 5.75 Å². The lowest BCUT2D eigenvalue weighted by molar-refractivity contribution is -0.118. The molecule has 0 atom stereocenters. The Hall–Kier alpha value is -1.76. The van der Waals surface area contributed by atoms with Gasteiger partial charge in [0.1, 0.15) is 10.8 Å². The Morgan fingerprint density at radius 3 is 2.56 bits per heavy atom. The van der Waals surface area contributed by atoms with E-state index in [9.17, 15) is 9.59 Å². The molecule has 1 heterocycles. The SMILES string of the molecule is CCOC(=O)c1cc(CC)sc1NC(=O)COc1ccc(Cl)c(Cl)c1. The monoisotopic (exact) mass is 401 g/mol. The van der Waals surface area contributed by atoms with E-state index in [0.717, 1.165) is 11.3 Å². The fourth-order valence-corrected chi connectivity index (χ4v) is 3.24. The zero-order valence-electron chi connectivity index (χ0n) is 13.7. The summed E-state index contributed by atoms with van der Waals surface area (Å²) in [5.41, 5.74) is 0.353. The number of carbonyl (C=O) groups excluding carboxylic acids is 2. The first-order valence-corrected chi connectivity index (χ1v) is 9.19. The second-order valence-electron chi connectivity index (χ2n) is 4.94. The minimum absolute atomic E-state index is 0.223. The van der Waals surface area contributed by atoms with E-state index in [0.29, 0.717) is 26.4 Å². The van der Waals surface area contributed by atoms with Gasteiger partial charge in [0.2, 0.25) is 0 Å². The van der Waals surface area contributed by atoms with Crippen LogP contribution >= 0.6 is 34.5 Å². The van der Waals surface area contributed by atoms with Gasteiger partial charge in [0.15, 0.2) is 6.61 Å². The molecule has 1 amide bonds. The van der Waals surface area contributed by atoms with Crippen LogP contribution < -0.4 is 10.1 Å². The fraction of sp³-hybridized carbons (Fsp3) is 0.294. The largest absolute Gasteiger partial charge is 0.484 e. The van der Waals surface area contributed by atoms with E-state index < -0.39 is 5.97 Å². The Balaban J connectivity index is 2.03. The number of esters is 1. The fourth-order valence-electron chi connectivity index (χ4n) is 1.95. The van der Waals surface area contributed by atoms with Gasteiger partial charge in [-0.2, -0.15) is 0 Å². The number of ether oxygens (including phenoxy) is 2. The molecule has 1 aromatic carbocycles. The zero-order valence-corrected chi connectivity index (χ0v) is 16.1. The maximum Gasteiger partial charge on any atom is 0.341 e. The van der Waals surface area contributed by atoms with Crippen LogP contribution in [0, 0.1) is 0 Å². The highest BCUT2D eigenvalue weighted by Crippen LogP contribution is 2.30. The summed E-state index contributed by atoms with van der Waals surface area (Å²) in [7, 11) is 0. The standard InChI is InChI=1S/C17H17Cl2NO4S/c1-3-11-8-12(17(22)23-4-2)16(25-11)20-15(21)9-24-10-5-6-13(18)14(19)7-10/h5-8H,3-4,9H2,1-2H3,(H,20,21). The van der Waals surface area contributed by atoms with Gasteiger partial charge in [-0.1, -0.05) is 30.1 Å². The average Bonchev–Trinajstić information content (AvgIpc) is 2.99. The van der Waals surface area contributed by atoms with Crippen molar-refractivity contribution in [1.82, 2.24) is 0 Å². The second-order valence-corrected chi connectivity index (χ2v) is 6.89. The van der Waals surface area contributed by atoms with Crippen LogP contribution in [0.4, 0.5) is 5.00 Å².